The van der Waals surface area contributed by atoms with Gasteiger partial charge in [-0.1, -0.05) is 35.3 Å². The van der Waals surface area contributed by atoms with Gasteiger partial charge in [0.05, 0.1) is 26.8 Å². The minimum atomic E-state index is -0.550. The Labute approximate surface area is 219 Å². The van der Waals surface area contributed by atoms with Gasteiger partial charge in [-0.05, 0) is 48.0 Å². The third kappa shape index (κ3) is 4.82. The van der Waals surface area contributed by atoms with Crippen molar-refractivity contribution in [1.82, 2.24) is 9.97 Å². The molecule has 178 valence electrons. The van der Waals surface area contributed by atoms with Gasteiger partial charge < -0.3 is 10.6 Å². The summed E-state index contributed by atoms with van der Waals surface area (Å²) in [5.74, 6) is -0.886. The summed E-state index contributed by atoms with van der Waals surface area (Å²) in [6, 6.07) is 15.6. The molecule has 2 N–H and O–H groups in total. The minimum Gasteiger partial charge on any atom is -0.372 e. The van der Waals surface area contributed by atoms with Gasteiger partial charge in [0, 0.05) is 34.5 Å². The molecule has 2 heterocycles. The predicted molar refractivity (Wildman–Crippen MR) is 140 cm³/mol. The Kier molecular flexibility index (Phi) is 6.70. The van der Waals surface area contributed by atoms with Gasteiger partial charge in [0.1, 0.15) is 28.8 Å². The van der Waals surface area contributed by atoms with Gasteiger partial charge >= 0.3 is 0 Å². The largest absolute Gasteiger partial charge is 0.372 e. The molecule has 0 fully saturated rings. The third-order valence-corrected chi connectivity index (χ3v) is 6.87. The van der Waals surface area contributed by atoms with Crippen LogP contribution in [0.3, 0.4) is 0 Å². The molecule has 36 heavy (non-hydrogen) atoms. The van der Waals surface area contributed by atoms with Crippen molar-refractivity contribution in [2.24, 2.45) is 0 Å². The summed E-state index contributed by atoms with van der Waals surface area (Å²) in [4.78, 5) is 8.79. The molecule has 0 amide bonds. The van der Waals surface area contributed by atoms with Crippen LogP contribution in [-0.2, 0) is 0 Å². The van der Waals surface area contributed by atoms with E-state index < -0.39 is 5.82 Å². The molecule has 2 aromatic heterocycles. The maximum absolute atomic E-state index is 13.7. The van der Waals surface area contributed by atoms with E-state index in [4.69, 9.17) is 23.2 Å². The van der Waals surface area contributed by atoms with Crippen LogP contribution in [0.15, 0.2) is 72.4 Å². The van der Waals surface area contributed by atoms with Crippen molar-refractivity contribution in [3.05, 3.63) is 110 Å². The van der Waals surface area contributed by atoms with Crippen LogP contribution in [0.5, 0.6) is 0 Å². The van der Waals surface area contributed by atoms with Gasteiger partial charge in [0.15, 0.2) is 0 Å². The SMILES string of the molecule is N#Cc1cnc2c(Cl)cc(NC(c3ccc(F)cc3)c3nccs3)cc2c1Nc1ccc(F)c(Cl)c1. The Bertz CT molecular complexity index is 1600. The first kappa shape index (κ1) is 23.9. The van der Waals surface area contributed by atoms with E-state index in [2.05, 4.69) is 26.7 Å². The van der Waals surface area contributed by atoms with E-state index in [9.17, 15) is 14.0 Å². The second kappa shape index (κ2) is 10.1. The average Bonchev–Trinajstić information content (AvgIpc) is 3.40. The van der Waals surface area contributed by atoms with Gasteiger partial charge in [-0.3, -0.25) is 4.98 Å². The standard InChI is InChI=1S/C26H15Cl2F2N5S/c27-20-10-17(5-6-22(20)30)34-23-15(12-31)13-33-25-19(23)9-18(11-21(25)28)35-24(26-32-7-8-36-26)14-1-3-16(29)4-2-14/h1-11,13,24,35H,(H,33,34). The molecular formula is C26H15Cl2F2N5S. The number of thiazole rings is 1. The summed E-state index contributed by atoms with van der Waals surface area (Å²) in [6.45, 7) is 0. The van der Waals surface area contributed by atoms with E-state index in [1.165, 1.54) is 47.9 Å². The van der Waals surface area contributed by atoms with Gasteiger partial charge in [-0.2, -0.15) is 5.26 Å². The highest BCUT2D eigenvalue weighted by Gasteiger charge is 2.19. The summed E-state index contributed by atoms with van der Waals surface area (Å²) in [5, 5.41) is 19.8. The summed E-state index contributed by atoms with van der Waals surface area (Å²) in [7, 11) is 0. The van der Waals surface area contributed by atoms with Gasteiger partial charge in [-0.15, -0.1) is 11.3 Å². The number of pyridine rings is 1. The molecule has 3 aromatic carbocycles. The fourth-order valence-electron chi connectivity index (χ4n) is 3.77. The Morgan fingerprint density at radius 3 is 2.42 bits per heavy atom. The Morgan fingerprint density at radius 1 is 0.944 bits per heavy atom. The number of rotatable bonds is 6. The van der Waals surface area contributed by atoms with Crippen molar-refractivity contribution < 1.29 is 8.78 Å². The van der Waals surface area contributed by atoms with Gasteiger partial charge in [-0.25, -0.2) is 13.8 Å². The maximum Gasteiger partial charge on any atom is 0.141 e. The fourth-order valence-corrected chi connectivity index (χ4v) is 4.93. The minimum absolute atomic E-state index is 0.0529. The molecule has 1 atom stereocenters. The number of fused-ring (bicyclic) bond motifs is 1. The molecule has 0 radical (unpaired) electrons. The lowest BCUT2D eigenvalue weighted by Crippen LogP contribution is -2.12. The average molecular weight is 538 g/mol. The summed E-state index contributed by atoms with van der Waals surface area (Å²) in [5.41, 5.74) is 3.13. The first-order valence-electron chi connectivity index (χ1n) is 10.6. The number of nitrogens with zero attached hydrogens (tertiary/aromatic N) is 3. The Hall–Kier alpha value is -3.77. The highest BCUT2D eigenvalue weighted by molar-refractivity contribution is 7.09. The van der Waals surface area contributed by atoms with E-state index in [0.29, 0.717) is 33.0 Å². The van der Waals surface area contributed by atoms with Crippen LogP contribution in [0, 0.1) is 23.0 Å². The highest BCUT2D eigenvalue weighted by Crippen LogP contribution is 2.37. The molecule has 0 saturated carbocycles. The van der Waals surface area contributed by atoms with Crippen LogP contribution >= 0.6 is 34.5 Å². The molecule has 0 spiro atoms. The van der Waals surface area contributed by atoms with E-state index in [1.54, 1.807) is 24.4 Å². The number of anilines is 3. The topological polar surface area (TPSA) is 73.6 Å². The zero-order valence-electron chi connectivity index (χ0n) is 18.3. The maximum atomic E-state index is 13.7. The predicted octanol–water partition coefficient (Wildman–Crippen LogP) is 8.09. The zero-order chi connectivity index (χ0) is 25.2. The first-order valence-corrected chi connectivity index (χ1v) is 12.2. The third-order valence-electron chi connectivity index (χ3n) is 5.45. The second-order valence-electron chi connectivity index (χ2n) is 7.77. The zero-order valence-corrected chi connectivity index (χ0v) is 20.6. The molecule has 5 aromatic rings. The van der Waals surface area contributed by atoms with Crippen molar-refractivity contribution in [2.45, 2.75) is 6.04 Å². The van der Waals surface area contributed by atoms with E-state index in [1.807, 2.05) is 11.4 Å². The van der Waals surface area contributed by atoms with E-state index in [0.717, 1.165) is 10.6 Å². The number of hydrogen-bond acceptors (Lipinski definition) is 6. The van der Waals surface area contributed by atoms with E-state index in [-0.39, 0.29) is 22.4 Å². The van der Waals surface area contributed by atoms with E-state index >= 15 is 0 Å². The Morgan fingerprint density at radius 2 is 1.72 bits per heavy atom. The normalized spacial score (nSPS) is 11.8. The molecule has 0 bridgehead atoms. The van der Waals surface area contributed by atoms with Crippen molar-refractivity contribution in [2.75, 3.05) is 10.6 Å². The van der Waals surface area contributed by atoms with Crippen LogP contribution in [0.1, 0.15) is 22.2 Å². The summed E-state index contributed by atoms with van der Waals surface area (Å²) in [6.07, 6.45) is 3.12. The first-order chi connectivity index (χ1) is 17.4. The number of aromatic nitrogens is 2. The molecule has 5 rings (SSSR count). The summed E-state index contributed by atoms with van der Waals surface area (Å²) < 4.78 is 27.2. The van der Waals surface area contributed by atoms with Crippen molar-refractivity contribution >= 4 is 62.5 Å². The summed E-state index contributed by atoms with van der Waals surface area (Å²) >= 11 is 14.0. The molecular weight excluding hydrogens is 523 g/mol. The van der Waals surface area contributed by atoms with Gasteiger partial charge in [0.25, 0.3) is 0 Å². The Balaban J connectivity index is 1.61. The van der Waals surface area contributed by atoms with Crippen molar-refractivity contribution in [3.8, 4) is 6.07 Å². The second-order valence-corrected chi connectivity index (χ2v) is 9.51. The van der Waals surface area contributed by atoms with Crippen LogP contribution in [-0.4, -0.2) is 9.97 Å². The van der Waals surface area contributed by atoms with Crippen molar-refractivity contribution in [1.29, 1.82) is 5.26 Å². The van der Waals surface area contributed by atoms with Crippen LogP contribution < -0.4 is 10.6 Å². The molecule has 10 heteroatoms. The fraction of sp³-hybridized carbons (Fsp3) is 0.0385. The number of hydrogen-bond donors (Lipinski definition) is 2. The highest BCUT2D eigenvalue weighted by atomic mass is 35.5. The molecule has 5 nitrogen and oxygen atoms in total. The number of nitrogens with one attached hydrogen (secondary N) is 2. The lowest BCUT2D eigenvalue weighted by atomic mass is 10.1. The van der Waals surface area contributed by atoms with Crippen LogP contribution in [0.25, 0.3) is 10.9 Å². The monoisotopic (exact) mass is 537 g/mol. The molecule has 0 aliphatic carbocycles. The molecule has 0 aliphatic heterocycles. The molecule has 0 aliphatic rings. The lowest BCUT2D eigenvalue weighted by molar-refractivity contribution is 0.626. The number of benzene rings is 3. The van der Waals surface area contributed by atoms with Gasteiger partial charge in [0.2, 0.25) is 0 Å². The van der Waals surface area contributed by atoms with Crippen LogP contribution in [0.2, 0.25) is 10.0 Å². The smallest absolute Gasteiger partial charge is 0.141 e. The number of halogens is 4. The number of nitriles is 1. The molecule has 1 unspecified atom stereocenters. The lowest BCUT2D eigenvalue weighted by Gasteiger charge is -2.20. The quantitative estimate of drug-likeness (QED) is 0.229. The van der Waals surface area contributed by atoms with Crippen LogP contribution in [0.4, 0.5) is 25.8 Å². The van der Waals surface area contributed by atoms with Crippen molar-refractivity contribution in [3.63, 3.8) is 0 Å². The molecule has 0 saturated heterocycles.